The van der Waals surface area contributed by atoms with Crippen LogP contribution in [0.15, 0.2) is 35.1 Å². The Kier molecular flexibility index (Phi) is 6.39. The van der Waals surface area contributed by atoms with E-state index in [2.05, 4.69) is 15.2 Å². The van der Waals surface area contributed by atoms with Crippen LogP contribution in [-0.2, 0) is 17.6 Å². The van der Waals surface area contributed by atoms with E-state index in [4.69, 9.17) is 4.98 Å². The molecule has 154 valence electrons. The van der Waals surface area contributed by atoms with Crippen molar-refractivity contribution in [3.8, 4) is 11.4 Å². The van der Waals surface area contributed by atoms with Crippen LogP contribution < -0.4 is 10.9 Å². The molecular weight excluding hydrogens is 364 g/mol. The number of carbonyl (C=O) groups is 1. The van der Waals surface area contributed by atoms with Crippen LogP contribution in [0.1, 0.15) is 43.4 Å². The summed E-state index contributed by atoms with van der Waals surface area (Å²) in [5.41, 5.74) is 2.43. The summed E-state index contributed by atoms with van der Waals surface area (Å²) >= 11 is 0. The fourth-order valence-electron chi connectivity index (χ4n) is 4.44. The molecule has 1 fully saturated rings. The molecule has 1 aliphatic heterocycles. The molecule has 1 unspecified atom stereocenters. The number of rotatable bonds is 6. The first kappa shape index (κ1) is 19.8. The van der Waals surface area contributed by atoms with E-state index >= 15 is 0 Å². The second-order valence-corrected chi connectivity index (χ2v) is 8.17. The van der Waals surface area contributed by atoms with E-state index in [0.717, 1.165) is 42.8 Å². The quantitative estimate of drug-likeness (QED) is 0.583. The van der Waals surface area contributed by atoms with Crippen LogP contribution in [0, 0.1) is 5.92 Å². The van der Waals surface area contributed by atoms with E-state index in [1.165, 1.54) is 25.9 Å². The van der Waals surface area contributed by atoms with Crippen molar-refractivity contribution in [2.75, 3.05) is 26.2 Å². The van der Waals surface area contributed by atoms with E-state index < -0.39 is 0 Å². The summed E-state index contributed by atoms with van der Waals surface area (Å²) in [5.74, 6) is 0.689. The number of benzene rings is 1. The first-order valence-electron chi connectivity index (χ1n) is 10.9. The van der Waals surface area contributed by atoms with E-state index in [1.54, 1.807) is 0 Å². The van der Waals surface area contributed by atoms with Crippen molar-refractivity contribution in [1.29, 1.82) is 0 Å². The third-order valence-corrected chi connectivity index (χ3v) is 6.14. The van der Waals surface area contributed by atoms with Crippen LogP contribution >= 0.6 is 0 Å². The molecule has 2 aromatic rings. The van der Waals surface area contributed by atoms with Gasteiger partial charge >= 0.3 is 0 Å². The van der Waals surface area contributed by atoms with Gasteiger partial charge in [-0.15, -0.1) is 0 Å². The number of H-pyrrole nitrogens is 1. The highest BCUT2D eigenvalue weighted by atomic mass is 16.2. The van der Waals surface area contributed by atoms with Crippen molar-refractivity contribution in [3.63, 3.8) is 0 Å². The van der Waals surface area contributed by atoms with Crippen LogP contribution in [-0.4, -0.2) is 47.0 Å². The molecule has 1 atom stereocenters. The highest BCUT2D eigenvalue weighted by Crippen LogP contribution is 2.23. The van der Waals surface area contributed by atoms with E-state index in [1.807, 2.05) is 30.3 Å². The molecule has 6 heteroatoms. The van der Waals surface area contributed by atoms with Gasteiger partial charge in [-0.1, -0.05) is 30.3 Å². The number of carbonyl (C=O) groups excluding carboxylic acids is 1. The lowest BCUT2D eigenvalue weighted by atomic mass is 9.99. The first-order valence-corrected chi connectivity index (χ1v) is 10.9. The lowest BCUT2D eigenvalue weighted by molar-refractivity contribution is -0.125. The molecule has 1 aromatic carbocycles. The molecule has 1 aromatic heterocycles. The van der Waals surface area contributed by atoms with Crippen molar-refractivity contribution < 1.29 is 4.79 Å². The summed E-state index contributed by atoms with van der Waals surface area (Å²) in [6.45, 7) is 4.19. The Hall–Kier alpha value is -2.47. The maximum absolute atomic E-state index is 12.6. The summed E-state index contributed by atoms with van der Waals surface area (Å²) in [4.78, 5) is 35.4. The second-order valence-electron chi connectivity index (χ2n) is 8.17. The topological polar surface area (TPSA) is 78.1 Å². The minimum Gasteiger partial charge on any atom is -0.356 e. The van der Waals surface area contributed by atoms with Crippen molar-refractivity contribution in [2.45, 2.75) is 44.9 Å². The molecule has 0 radical (unpaired) electrons. The van der Waals surface area contributed by atoms with Crippen LogP contribution in [0.25, 0.3) is 11.4 Å². The molecule has 2 heterocycles. The van der Waals surface area contributed by atoms with E-state index in [9.17, 15) is 9.59 Å². The molecular formula is C23H30N4O2. The van der Waals surface area contributed by atoms with Crippen molar-refractivity contribution >= 4 is 5.91 Å². The number of nitrogens with zero attached hydrogens (tertiary/aromatic N) is 2. The van der Waals surface area contributed by atoms with Crippen LogP contribution in [0.3, 0.4) is 0 Å². The third kappa shape index (κ3) is 4.93. The number of likely N-dealkylation sites (tertiary alicyclic amines) is 1. The maximum atomic E-state index is 12.6. The zero-order valence-corrected chi connectivity index (χ0v) is 17.0. The Balaban J connectivity index is 1.34. The number of aromatic amines is 1. The Labute approximate surface area is 171 Å². The van der Waals surface area contributed by atoms with Gasteiger partial charge in [-0.25, -0.2) is 4.98 Å². The summed E-state index contributed by atoms with van der Waals surface area (Å²) in [6, 6.07) is 9.70. The normalized spacial score (nSPS) is 19.5. The summed E-state index contributed by atoms with van der Waals surface area (Å²) in [5, 5.41) is 3.11. The molecule has 29 heavy (non-hydrogen) atoms. The Morgan fingerprint density at radius 1 is 1.14 bits per heavy atom. The van der Waals surface area contributed by atoms with Gasteiger partial charge in [0.05, 0.1) is 5.69 Å². The third-order valence-electron chi connectivity index (χ3n) is 6.14. The zero-order valence-electron chi connectivity index (χ0n) is 17.0. The Morgan fingerprint density at radius 2 is 1.90 bits per heavy atom. The van der Waals surface area contributed by atoms with Gasteiger partial charge in [0, 0.05) is 23.6 Å². The average Bonchev–Trinajstić information content (AvgIpc) is 3.16. The molecule has 2 N–H and O–H groups in total. The van der Waals surface area contributed by atoms with Crippen LogP contribution in [0.4, 0.5) is 0 Å². The monoisotopic (exact) mass is 394 g/mol. The van der Waals surface area contributed by atoms with Gasteiger partial charge in [-0.05, 0) is 64.6 Å². The molecule has 6 nitrogen and oxygen atoms in total. The first-order chi connectivity index (χ1) is 14.2. The fourth-order valence-corrected chi connectivity index (χ4v) is 4.44. The van der Waals surface area contributed by atoms with Gasteiger partial charge in [0.25, 0.3) is 5.56 Å². The van der Waals surface area contributed by atoms with Gasteiger partial charge in [-0.2, -0.15) is 0 Å². The van der Waals surface area contributed by atoms with Crippen LogP contribution in [0.5, 0.6) is 0 Å². The van der Waals surface area contributed by atoms with Gasteiger partial charge in [-0.3, -0.25) is 9.59 Å². The van der Waals surface area contributed by atoms with Gasteiger partial charge in [0.2, 0.25) is 5.91 Å². The van der Waals surface area contributed by atoms with Crippen molar-refractivity contribution in [1.82, 2.24) is 20.2 Å². The predicted octanol–water partition coefficient (Wildman–Crippen LogP) is 2.53. The Bertz CT molecular complexity index is 887. The summed E-state index contributed by atoms with van der Waals surface area (Å²) < 4.78 is 0. The molecule has 2 aliphatic rings. The smallest absolute Gasteiger partial charge is 0.254 e. The largest absolute Gasteiger partial charge is 0.356 e. The second kappa shape index (κ2) is 9.35. The number of aryl methyl sites for hydroxylation is 1. The van der Waals surface area contributed by atoms with Gasteiger partial charge in [0.1, 0.15) is 5.82 Å². The molecule has 4 rings (SSSR count). The average molecular weight is 395 g/mol. The van der Waals surface area contributed by atoms with Gasteiger partial charge in [0.15, 0.2) is 0 Å². The van der Waals surface area contributed by atoms with Crippen LogP contribution in [0.2, 0.25) is 0 Å². The van der Waals surface area contributed by atoms with Crippen molar-refractivity contribution in [2.24, 2.45) is 5.92 Å². The number of hydrogen-bond donors (Lipinski definition) is 2. The lowest BCUT2D eigenvalue weighted by Gasteiger charge is -2.16. The standard InChI is InChI=1S/C23H30N4O2/c28-22(24-13-6-16-27-14-4-5-15-27)18-9-11-19-20(12-10-18)25-21(26-23(19)29)17-7-2-1-3-8-17/h1-3,7-8,18H,4-6,9-16H2,(H,24,28)(H,25,26,29). The molecule has 1 saturated heterocycles. The lowest BCUT2D eigenvalue weighted by Crippen LogP contribution is -2.33. The highest BCUT2D eigenvalue weighted by molar-refractivity contribution is 5.78. The van der Waals surface area contributed by atoms with E-state index in [-0.39, 0.29) is 17.4 Å². The number of amides is 1. The minimum absolute atomic E-state index is 0.0458. The SMILES string of the molecule is O=C(NCCCN1CCCC1)C1CCc2nc(-c3ccccc3)[nH]c(=O)c2CC1. The highest BCUT2D eigenvalue weighted by Gasteiger charge is 2.25. The summed E-state index contributed by atoms with van der Waals surface area (Å²) in [6.07, 6.45) is 6.34. The number of hydrogen-bond acceptors (Lipinski definition) is 4. The molecule has 1 aliphatic carbocycles. The molecule has 0 spiro atoms. The zero-order chi connectivity index (χ0) is 20.1. The fraction of sp³-hybridized carbons (Fsp3) is 0.522. The minimum atomic E-state index is -0.0690. The number of nitrogens with one attached hydrogen (secondary N) is 2. The predicted molar refractivity (Wildman–Crippen MR) is 114 cm³/mol. The number of aromatic nitrogens is 2. The molecule has 0 bridgehead atoms. The number of fused-ring (bicyclic) bond motifs is 1. The van der Waals surface area contributed by atoms with Gasteiger partial charge < -0.3 is 15.2 Å². The molecule has 1 amide bonds. The summed E-state index contributed by atoms with van der Waals surface area (Å²) in [7, 11) is 0. The molecule has 0 saturated carbocycles. The van der Waals surface area contributed by atoms with Crippen molar-refractivity contribution in [3.05, 3.63) is 51.9 Å². The maximum Gasteiger partial charge on any atom is 0.254 e. The Morgan fingerprint density at radius 3 is 2.69 bits per heavy atom. The van der Waals surface area contributed by atoms with E-state index in [0.29, 0.717) is 25.1 Å².